The van der Waals surface area contributed by atoms with Gasteiger partial charge in [0.25, 0.3) is 0 Å². The molecule has 0 saturated heterocycles. The summed E-state index contributed by atoms with van der Waals surface area (Å²) in [6.07, 6.45) is 0. The fraction of sp³-hybridized carbons (Fsp3) is 0. The molecule has 0 atom stereocenters. The zero-order valence-electron chi connectivity index (χ0n) is 3.76. The molecule has 6 N–H and O–H groups in total. The van der Waals surface area contributed by atoms with Crippen LogP contribution in [0.3, 0.4) is 0 Å². The Bertz CT molecular complexity index is 8.49. The minimum absolute atomic E-state index is 0. The van der Waals surface area contributed by atoms with E-state index < -0.39 is 0 Å². The summed E-state index contributed by atoms with van der Waals surface area (Å²) < 4.78 is 0. The fourth-order valence-electron chi connectivity index (χ4n) is 0. The molecule has 0 rings (SSSR count). The Labute approximate surface area is 106 Å². The molecule has 8 heavy (non-hydrogen) atoms. The van der Waals surface area contributed by atoms with Crippen molar-refractivity contribution in [2.24, 2.45) is 0 Å². The van der Waals surface area contributed by atoms with Crippen LogP contribution in [0.5, 0.6) is 0 Å². The first-order valence-corrected chi connectivity index (χ1v) is 0. The standard InChI is InChI=1S/Ce.6H2O.Y/h;6*1H2;/q+3;;;;;;;+3/p-6. The molecule has 6 nitrogen and oxygen atoms in total. The monoisotopic (exact) mass is 331 g/mol. The molecule has 0 unspecified atom stereocenters. The van der Waals surface area contributed by atoms with E-state index in [1.165, 1.54) is 0 Å². The summed E-state index contributed by atoms with van der Waals surface area (Å²) in [6.45, 7) is 0. The first-order valence-electron chi connectivity index (χ1n) is 0. The normalized spacial score (nSPS) is 0. The van der Waals surface area contributed by atoms with Gasteiger partial charge in [0.05, 0.1) is 0 Å². The van der Waals surface area contributed by atoms with Gasteiger partial charge in [-0.3, -0.25) is 0 Å². The zero-order valence-corrected chi connectivity index (χ0v) is 9.74. The summed E-state index contributed by atoms with van der Waals surface area (Å²) >= 11 is 0. The molecule has 0 fully saturated rings. The third-order valence-electron chi connectivity index (χ3n) is 0. The van der Waals surface area contributed by atoms with Crippen LogP contribution in [-0.4, -0.2) is 32.9 Å². The van der Waals surface area contributed by atoms with Crippen molar-refractivity contribution in [2.45, 2.75) is 0 Å². The van der Waals surface area contributed by atoms with Gasteiger partial charge in [-0.1, -0.05) is 0 Å². The van der Waals surface area contributed by atoms with Crippen molar-refractivity contribution in [2.75, 3.05) is 0 Å². The van der Waals surface area contributed by atoms with E-state index >= 15 is 0 Å². The van der Waals surface area contributed by atoms with E-state index in [1.807, 2.05) is 0 Å². The van der Waals surface area contributed by atoms with Crippen molar-refractivity contribution in [3.8, 4) is 0 Å². The SMILES string of the molecule is [Ce+3].[OH-].[OH-].[OH-].[OH-].[OH-].[OH-].[Y+3]. The Morgan fingerprint density at radius 2 is 0.375 bits per heavy atom. The van der Waals surface area contributed by atoms with Gasteiger partial charge in [0.1, 0.15) is 0 Å². The number of hydrogen-bond donors (Lipinski definition) is 0. The first-order chi connectivity index (χ1) is 0. The Kier molecular flexibility index (Phi) is 2720. The van der Waals surface area contributed by atoms with Crippen molar-refractivity contribution in [1.82, 2.24) is 0 Å². The van der Waals surface area contributed by atoms with Crippen LogP contribution in [-0.2, 0) is 32.7 Å². The van der Waals surface area contributed by atoms with Crippen molar-refractivity contribution >= 4 is 0 Å². The van der Waals surface area contributed by atoms with Crippen molar-refractivity contribution in [3.63, 3.8) is 0 Å². The van der Waals surface area contributed by atoms with E-state index in [2.05, 4.69) is 0 Å². The van der Waals surface area contributed by atoms with Gasteiger partial charge in [-0.15, -0.1) is 0 Å². The molecule has 0 spiro atoms. The average Bonchev–Trinajstić information content (AvgIpc) is 0. The quantitative estimate of drug-likeness (QED) is 0.545. The molecular weight excluding hydrogens is 325 g/mol. The van der Waals surface area contributed by atoms with Crippen molar-refractivity contribution < 1.29 is 107 Å². The summed E-state index contributed by atoms with van der Waals surface area (Å²) in [6, 6.07) is 0. The number of hydrogen-bond acceptors (Lipinski definition) is 6. The van der Waals surface area contributed by atoms with Gasteiger partial charge in [0, 0.05) is 0 Å². The molecule has 0 aromatic carbocycles. The Balaban J connectivity index is 0. The summed E-state index contributed by atoms with van der Waals surface area (Å²) in [7, 11) is 0. The predicted octanol–water partition coefficient (Wildman–Crippen LogP) is -1.06. The van der Waals surface area contributed by atoms with Crippen LogP contribution in [0.4, 0.5) is 0 Å². The molecule has 49 valence electrons. The molecule has 0 amide bonds. The van der Waals surface area contributed by atoms with E-state index in [0.717, 1.165) is 0 Å². The number of rotatable bonds is 0. The van der Waals surface area contributed by atoms with Gasteiger partial charge in [0.15, 0.2) is 0 Å². The van der Waals surface area contributed by atoms with Crippen LogP contribution >= 0.6 is 0 Å². The van der Waals surface area contributed by atoms with E-state index in [9.17, 15) is 0 Å². The molecule has 0 aliphatic rings. The van der Waals surface area contributed by atoms with Crippen LogP contribution in [0.1, 0.15) is 0 Å². The van der Waals surface area contributed by atoms with Gasteiger partial charge < -0.3 is 32.9 Å². The van der Waals surface area contributed by atoms with E-state index in [1.54, 1.807) is 0 Å². The molecule has 0 aliphatic heterocycles. The van der Waals surface area contributed by atoms with Crippen LogP contribution in [0, 0.1) is 41.7 Å². The van der Waals surface area contributed by atoms with E-state index in [-0.39, 0.29) is 107 Å². The Hall–Kier alpha value is 2.24. The minimum Gasteiger partial charge on any atom is -0.870 e. The molecular formula is H6CeO6Y. The Morgan fingerprint density at radius 1 is 0.375 bits per heavy atom. The smallest absolute Gasteiger partial charge is 0.870 e. The molecule has 0 aliphatic carbocycles. The maximum absolute atomic E-state index is 0. The summed E-state index contributed by atoms with van der Waals surface area (Å²) in [5.41, 5.74) is 0. The molecule has 0 heterocycles. The van der Waals surface area contributed by atoms with E-state index in [0.29, 0.717) is 0 Å². The van der Waals surface area contributed by atoms with Crippen molar-refractivity contribution in [1.29, 1.82) is 0 Å². The third kappa shape index (κ3) is 86.1. The van der Waals surface area contributed by atoms with Gasteiger partial charge in [-0.05, 0) is 0 Å². The first kappa shape index (κ1) is 174. The van der Waals surface area contributed by atoms with Crippen LogP contribution < -0.4 is 0 Å². The molecule has 0 saturated carbocycles. The minimum atomic E-state index is 0. The molecule has 1 radical (unpaired) electrons. The largest absolute Gasteiger partial charge is 3.00 e. The molecule has 0 aromatic rings. The zero-order chi connectivity index (χ0) is 0. The molecule has 0 bridgehead atoms. The summed E-state index contributed by atoms with van der Waals surface area (Å²) in [5.74, 6) is 0. The van der Waals surface area contributed by atoms with Gasteiger partial charge in [-0.25, -0.2) is 0 Å². The fourth-order valence-corrected chi connectivity index (χ4v) is 0. The van der Waals surface area contributed by atoms with Gasteiger partial charge in [-0.2, -0.15) is 0 Å². The Morgan fingerprint density at radius 3 is 0.375 bits per heavy atom. The maximum Gasteiger partial charge on any atom is 3.00 e. The summed E-state index contributed by atoms with van der Waals surface area (Å²) in [5, 5.41) is 0. The van der Waals surface area contributed by atoms with Crippen LogP contribution in [0.2, 0.25) is 0 Å². The van der Waals surface area contributed by atoms with Crippen molar-refractivity contribution in [3.05, 3.63) is 0 Å². The topological polar surface area (TPSA) is 180 Å². The predicted molar refractivity (Wildman–Crippen MR) is 11.6 cm³/mol. The van der Waals surface area contributed by atoms with Crippen LogP contribution in [0.25, 0.3) is 0 Å². The second-order valence-corrected chi connectivity index (χ2v) is 0. The average molecular weight is 331 g/mol. The maximum atomic E-state index is 0. The summed E-state index contributed by atoms with van der Waals surface area (Å²) in [4.78, 5) is 0. The molecule has 8 heteroatoms. The third-order valence-corrected chi connectivity index (χ3v) is 0. The van der Waals surface area contributed by atoms with Gasteiger partial charge >= 0.3 is 74.5 Å². The van der Waals surface area contributed by atoms with Gasteiger partial charge in [0.2, 0.25) is 0 Å². The van der Waals surface area contributed by atoms with E-state index in [4.69, 9.17) is 0 Å². The second kappa shape index (κ2) is 125. The molecule has 0 aromatic heterocycles. The van der Waals surface area contributed by atoms with Crippen LogP contribution in [0.15, 0.2) is 0 Å². The second-order valence-electron chi connectivity index (χ2n) is 0.